The Labute approximate surface area is 187 Å². The van der Waals surface area contributed by atoms with E-state index < -0.39 is 11.9 Å². The van der Waals surface area contributed by atoms with Gasteiger partial charge in [0.2, 0.25) is 0 Å². The molecule has 1 amide bonds. The van der Waals surface area contributed by atoms with E-state index >= 15 is 0 Å². The lowest BCUT2D eigenvalue weighted by Crippen LogP contribution is -2.14. The zero-order valence-electron chi connectivity index (χ0n) is 19.0. The van der Waals surface area contributed by atoms with Crippen molar-refractivity contribution >= 4 is 29.2 Å². The second kappa shape index (κ2) is 9.52. The molecule has 0 spiro atoms. The number of carbonyl (C=O) groups excluding carboxylic acids is 2. The van der Waals surface area contributed by atoms with E-state index in [0.717, 1.165) is 23.5 Å². The Kier molecular flexibility index (Phi) is 6.79. The number of hydrogen-bond donors (Lipinski definition) is 1. The van der Waals surface area contributed by atoms with Crippen LogP contribution in [0.15, 0.2) is 36.2 Å². The van der Waals surface area contributed by atoms with Crippen LogP contribution >= 0.6 is 0 Å². The molecule has 0 unspecified atom stereocenters. The average Bonchev–Trinajstić information content (AvgIpc) is 3.27. The van der Waals surface area contributed by atoms with Crippen molar-refractivity contribution in [1.29, 1.82) is 5.26 Å². The minimum atomic E-state index is -0.525. The minimum absolute atomic E-state index is 0.00575. The summed E-state index contributed by atoms with van der Waals surface area (Å²) in [6, 6.07) is 7.25. The molecule has 0 radical (unpaired) electrons. The van der Waals surface area contributed by atoms with Crippen molar-refractivity contribution in [3.63, 3.8) is 0 Å². The van der Waals surface area contributed by atoms with Gasteiger partial charge < -0.3 is 14.6 Å². The molecule has 0 aliphatic heterocycles. The maximum atomic E-state index is 12.8. The molecular formula is C24H27N5O3. The number of aryl methyl sites for hydroxylation is 1. The highest BCUT2D eigenvalue weighted by atomic mass is 16.5. The summed E-state index contributed by atoms with van der Waals surface area (Å²) in [5, 5.41) is 16.5. The van der Waals surface area contributed by atoms with Crippen LogP contribution in [0.5, 0.6) is 0 Å². The number of hydrogen-bond acceptors (Lipinski definition) is 5. The van der Waals surface area contributed by atoms with Gasteiger partial charge in [0.1, 0.15) is 17.2 Å². The normalized spacial score (nSPS) is 11.6. The van der Waals surface area contributed by atoms with Crippen LogP contribution in [0.2, 0.25) is 0 Å². The highest BCUT2D eigenvalue weighted by Gasteiger charge is 2.17. The summed E-state index contributed by atoms with van der Waals surface area (Å²) in [5.41, 5.74) is 4.17. The van der Waals surface area contributed by atoms with Crippen LogP contribution < -0.4 is 5.32 Å². The first-order valence-electron chi connectivity index (χ1n) is 10.5. The highest BCUT2D eigenvalue weighted by Crippen LogP contribution is 2.21. The fourth-order valence-electron chi connectivity index (χ4n) is 3.55. The van der Waals surface area contributed by atoms with Crippen molar-refractivity contribution in [3.05, 3.63) is 58.7 Å². The van der Waals surface area contributed by atoms with Gasteiger partial charge >= 0.3 is 5.97 Å². The molecule has 166 valence electrons. The predicted molar refractivity (Wildman–Crippen MR) is 122 cm³/mol. The van der Waals surface area contributed by atoms with Gasteiger partial charge in [-0.05, 0) is 56.5 Å². The number of fused-ring (bicyclic) bond motifs is 1. The van der Waals surface area contributed by atoms with Crippen molar-refractivity contribution in [2.45, 2.75) is 41.2 Å². The Morgan fingerprint density at radius 3 is 2.72 bits per heavy atom. The molecule has 3 heterocycles. The molecule has 3 aromatic heterocycles. The van der Waals surface area contributed by atoms with E-state index in [2.05, 4.69) is 28.8 Å². The van der Waals surface area contributed by atoms with Crippen LogP contribution in [-0.4, -0.2) is 32.7 Å². The fourth-order valence-corrected chi connectivity index (χ4v) is 3.55. The zero-order chi connectivity index (χ0) is 23.4. The Hall–Kier alpha value is -3.86. The lowest BCUT2D eigenvalue weighted by atomic mass is 10.1. The molecule has 0 aromatic carbocycles. The average molecular weight is 434 g/mol. The van der Waals surface area contributed by atoms with Gasteiger partial charge in [-0.1, -0.05) is 13.8 Å². The van der Waals surface area contributed by atoms with E-state index in [1.54, 1.807) is 31.3 Å². The number of nitrogens with zero attached hydrogens (tertiary/aromatic N) is 4. The second-order valence-corrected chi connectivity index (χ2v) is 7.98. The predicted octanol–water partition coefficient (Wildman–Crippen LogP) is 4.13. The molecule has 32 heavy (non-hydrogen) atoms. The van der Waals surface area contributed by atoms with Crippen molar-refractivity contribution in [1.82, 2.24) is 14.2 Å². The summed E-state index contributed by atoms with van der Waals surface area (Å²) in [5.74, 6) is -0.531. The lowest BCUT2D eigenvalue weighted by Gasteiger charge is -2.12. The summed E-state index contributed by atoms with van der Waals surface area (Å²) < 4.78 is 8.76. The maximum Gasteiger partial charge on any atom is 0.341 e. The smallest absolute Gasteiger partial charge is 0.341 e. The highest BCUT2D eigenvalue weighted by molar-refractivity contribution is 6.10. The summed E-state index contributed by atoms with van der Waals surface area (Å²) in [4.78, 5) is 24.9. The van der Waals surface area contributed by atoms with Gasteiger partial charge in [-0.2, -0.15) is 10.4 Å². The fraction of sp³-hybridized carbons (Fsp3) is 0.333. The first-order valence-corrected chi connectivity index (χ1v) is 10.5. The van der Waals surface area contributed by atoms with Crippen molar-refractivity contribution in [2.24, 2.45) is 5.92 Å². The Bertz CT molecular complexity index is 1240. The molecule has 0 saturated carbocycles. The summed E-state index contributed by atoms with van der Waals surface area (Å²) in [6.07, 6.45) is 4.66. The number of carbonyl (C=O) groups is 2. The van der Waals surface area contributed by atoms with E-state index in [1.807, 2.05) is 26.0 Å². The Balaban J connectivity index is 1.87. The van der Waals surface area contributed by atoms with Crippen LogP contribution in [0.25, 0.3) is 11.6 Å². The topological polar surface area (TPSA) is 101 Å². The molecule has 0 aliphatic carbocycles. The van der Waals surface area contributed by atoms with Crippen LogP contribution in [0.1, 0.15) is 48.1 Å². The first-order chi connectivity index (χ1) is 15.2. The van der Waals surface area contributed by atoms with Gasteiger partial charge in [0.05, 0.1) is 18.3 Å². The van der Waals surface area contributed by atoms with Gasteiger partial charge in [-0.15, -0.1) is 0 Å². The molecule has 0 aliphatic rings. The number of esters is 1. The van der Waals surface area contributed by atoms with Crippen LogP contribution in [0.4, 0.5) is 5.69 Å². The van der Waals surface area contributed by atoms with E-state index in [0.29, 0.717) is 22.7 Å². The van der Waals surface area contributed by atoms with Gasteiger partial charge in [0.25, 0.3) is 5.91 Å². The van der Waals surface area contributed by atoms with Crippen molar-refractivity contribution in [3.8, 4) is 6.07 Å². The molecule has 3 aromatic rings. The number of rotatable bonds is 7. The SMILES string of the molecule is CCOC(=O)c1cnn2ccc(NC(=O)/C(C#N)=C/c3cc(C)n(CC(C)C)c3C)cc12. The van der Waals surface area contributed by atoms with Crippen LogP contribution in [0.3, 0.4) is 0 Å². The molecule has 1 N–H and O–H groups in total. The third-order valence-electron chi connectivity index (χ3n) is 5.10. The third-order valence-corrected chi connectivity index (χ3v) is 5.10. The summed E-state index contributed by atoms with van der Waals surface area (Å²) >= 11 is 0. The number of ether oxygens (including phenoxy) is 1. The lowest BCUT2D eigenvalue weighted by molar-refractivity contribution is -0.112. The first kappa shape index (κ1) is 22.8. The number of amides is 1. The molecular weight excluding hydrogens is 406 g/mol. The number of nitriles is 1. The number of anilines is 1. The monoisotopic (exact) mass is 433 g/mol. The van der Waals surface area contributed by atoms with Crippen molar-refractivity contribution in [2.75, 3.05) is 11.9 Å². The van der Waals surface area contributed by atoms with Gasteiger partial charge in [-0.25, -0.2) is 9.31 Å². The zero-order valence-corrected chi connectivity index (χ0v) is 19.0. The van der Waals surface area contributed by atoms with Gasteiger partial charge in [0, 0.05) is 29.8 Å². The summed E-state index contributed by atoms with van der Waals surface area (Å²) in [6.45, 7) is 11.1. The maximum absolute atomic E-state index is 12.8. The van der Waals surface area contributed by atoms with Gasteiger partial charge in [0.15, 0.2) is 0 Å². The van der Waals surface area contributed by atoms with E-state index in [1.165, 1.54) is 10.7 Å². The largest absolute Gasteiger partial charge is 0.462 e. The van der Waals surface area contributed by atoms with E-state index in [4.69, 9.17) is 4.74 Å². The third kappa shape index (κ3) is 4.72. The molecule has 8 nitrogen and oxygen atoms in total. The molecule has 0 atom stereocenters. The Morgan fingerprint density at radius 2 is 2.06 bits per heavy atom. The van der Waals surface area contributed by atoms with E-state index in [9.17, 15) is 14.9 Å². The number of pyridine rings is 1. The summed E-state index contributed by atoms with van der Waals surface area (Å²) in [7, 11) is 0. The Morgan fingerprint density at radius 1 is 1.31 bits per heavy atom. The quantitative estimate of drug-likeness (QED) is 0.343. The standard InChI is InChI=1S/C24H27N5O3/c1-6-32-24(31)21-13-26-29-8-7-20(11-22(21)29)27-23(30)19(12-25)10-18-9-16(4)28(17(18)5)14-15(2)3/h7-11,13,15H,6,14H2,1-5H3,(H,27,30)/b19-10+. The van der Waals surface area contributed by atoms with Crippen LogP contribution in [0, 0.1) is 31.1 Å². The molecule has 0 saturated heterocycles. The van der Waals surface area contributed by atoms with Crippen LogP contribution in [-0.2, 0) is 16.1 Å². The number of nitrogens with one attached hydrogen (secondary N) is 1. The number of aromatic nitrogens is 3. The molecule has 0 bridgehead atoms. The minimum Gasteiger partial charge on any atom is -0.462 e. The van der Waals surface area contributed by atoms with E-state index in [-0.39, 0.29) is 12.2 Å². The molecule has 8 heteroatoms. The van der Waals surface area contributed by atoms with Crippen molar-refractivity contribution < 1.29 is 14.3 Å². The molecule has 3 rings (SSSR count). The van der Waals surface area contributed by atoms with Gasteiger partial charge in [-0.3, -0.25) is 4.79 Å². The molecule has 0 fully saturated rings. The second-order valence-electron chi connectivity index (χ2n) is 7.98.